The second-order valence-electron chi connectivity index (χ2n) is 2.32. The van der Waals surface area contributed by atoms with Crippen LogP contribution in [0.3, 0.4) is 0 Å². The Morgan fingerprint density at radius 1 is 1.64 bits per heavy atom. The maximum Gasteiger partial charge on any atom is 0.284 e. The zero-order chi connectivity index (χ0) is 10.7. The zero-order valence-electron chi connectivity index (χ0n) is 7.09. The van der Waals surface area contributed by atoms with E-state index in [0.717, 1.165) is 6.20 Å². The van der Waals surface area contributed by atoms with Gasteiger partial charge >= 0.3 is 0 Å². The van der Waals surface area contributed by atoms with Crippen molar-refractivity contribution < 1.29 is 13.5 Å². The molecule has 0 aliphatic heterocycles. The molecule has 0 N–H and O–H groups in total. The van der Waals surface area contributed by atoms with Crippen LogP contribution in [0.15, 0.2) is 10.7 Å². The van der Waals surface area contributed by atoms with Crippen molar-refractivity contribution in [3.05, 3.63) is 21.9 Å². The first-order chi connectivity index (χ1) is 6.61. The third-order valence-electron chi connectivity index (χ3n) is 1.53. The number of hydrogen-bond acceptors (Lipinski definition) is 3. The minimum atomic E-state index is -2.73. The second-order valence-corrected chi connectivity index (χ2v) is 3.11. The van der Waals surface area contributed by atoms with Crippen molar-refractivity contribution in [3.8, 4) is 11.8 Å². The van der Waals surface area contributed by atoms with E-state index in [1.54, 1.807) is 6.07 Å². The van der Waals surface area contributed by atoms with Gasteiger partial charge in [-0.2, -0.15) is 5.26 Å². The molecule has 1 aromatic rings. The van der Waals surface area contributed by atoms with E-state index in [9.17, 15) is 8.78 Å². The van der Waals surface area contributed by atoms with E-state index in [0.29, 0.717) is 0 Å². The SMILES string of the molecule is COc1c(C(F)F)ncc(C#N)c1Br. The van der Waals surface area contributed by atoms with Crippen LogP contribution < -0.4 is 4.74 Å². The number of rotatable bonds is 2. The Balaban J connectivity index is 3.38. The second kappa shape index (κ2) is 4.33. The van der Waals surface area contributed by atoms with Crippen LogP contribution in [-0.4, -0.2) is 12.1 Å². The number of ether oxygens (including phenoxy) is 1. The molecule has 0 saturated heterocycles. The summed E-state index contributed by atoms with van der Waals surface area (Å²) < 4.78 is 29.7. The van der Waals surface area contributed by atoms with Gasteiger partial charge in [-0.1, -0.05) is 0 Å². The van der Waals surface area contributed by atoms with Crippen LogP contribution in [0.25, 0.3) is 0 Å². The number of alkyl halides is 2. The van der Waals surface area contributed by atoms with Gasteiger partial charge in [-0.3, -0.25) is 0 Å². The molecule has 14 heavy (non-hydrogen) atoms. The molecule has 1 heterocycles. The minimum absolute atomic E-state index is 0.0981. The highest BCUT2D eigenvalue weighted by Gasteiger charge is 2.20. The highest BCUT2D eigenvalue weighted by Crippen LogP contribution is 2.35. The summed E-state index contributed by atoms with van der Waals surface area (Å²) in [7, 11) is 1.24. The Hall–Kier alpha value is -1.22. The van der Waals surface area contributed by atoms with Gasteiger partial charge in [-0.25, -0.2) is 13.8 Å². The predicted octanol–water partition coefficient (Wildman–Crippen LogP) is 2.66. The van der Waals surface area contributed by atoms with Gasteiger partial charge < -0.3 is 4.74 Å². The number of aromatic nitrogens is 1. The summed E-state index contributed by atoms with van der Waals surface area (Å²) in [6.45, 7) is 0. The Kier molecular flexibility index (Phi) is 3.36. The lowest BCUT2D eigenvalue weighted by Crippen LogP contribution is -1.98. The lowest BCUT2D eigenvalue weighted by Gasteiger charge is -2.08. The Morgan fingerprint density at radius 2 is 2.29 bits per heavy atom. The topological polar surface area (TPSA) is 45.9 Å². The molecule has 1 rings (SSSR count). The van der Waals surface area contributed by atoms with Crippen LogP contribution in [0.4, 0.5) is 8.78 Å². The summed E-state index contributed by atoms with van der Waals surface area (Å²) in [5.74, 6) is -0.0981. The van der Waals surface area contributed by atoms with Crippen LogP contribution in [0.2, 0.25) is 0 Å². The van der Waals surface area contributed by atoms with E-state index in [-0.39, 0.29) is 15.8 Å². The van der Waals surface area contributed by atoms with Crippen molar-refractivity contribution >= 4 is 15.9 Å². The summed E-state index contributed by atoms with van der Waals surface area (Å²) in [5, 5.41) is 8.60. The number of nitrogens with zero attached hydrogens (tertiary/aromatic N) is 2. The van der Waals surface area contributed by atoms with Gasteiger partial charge in [0.2, 0.25) is 0 Å². The molecule has 0 atom stereocenters. The molecule has 1 aromatic heterocycles. The molecule has 0 saturated carbocycles. The predicted molar refractivity (Wildman–Crippen MR) is 48.2 cm³/mol. The van der Waals surface area contributed by atoms with E-state index in [4.69, 9.17) is 10.00 Å². The van der Waals surface area contributed by atoms with Crippen LogP contribution in [0.1, 0.15) is 17.7 Å². The number of hydrogen-bond donors (Lipinski definition) is 0. The Labute approximate surface area is 87.5 Å². The Morgan fingerprint density at radius 3 is 2.71 bits per heavy atom. The van der Waals surface area contributed by atoms with Crippen molar-refractivity contribution in [2.75, 3.05) is 7.11 Å². The van der Waals surface area contributed by atoms with E-state index in [1.165, 1.54) is 7.11 Å². The molecule has 0 aliphatic rings. The first-order valence-corrected chi connectivity index (χ1v) is 4.31. The molecule has 74 valence electrons. The van der Waals surface area contributed by atoms with Gasteiger partial charge in [0.1, 0.15) is 11.8 Å². The van der Waals surface area contributed by atoms with Gasteiger partial charge in [-0.05, 0) is 15.9 Å². The highest BCUT2D eigenvalue weighted by atomic mass is 79.9. The number of pyridine rings is 1. The molecule has 0 amide bonds. The largest absolute Gasteiger partial charge is 0.493 e. The number of halogens is 3. The van der Waals surface area contributed by atoms with Crippen LogP contribution in [-0.2, 0) is 0 Å². The highest BCUT2D eigenvalue weighted by molar-refractivity contribution is 9.10. The molecule has 0 bridgehead atoms. The molecule has 0 radical (unpaired) electrons. The van der Waals surface area contributed by atoms with Gasteiger partial charge in [0, 0.05) is 6.20 Å². The summed E-state index contributed by atoms with van der Waals surface area (Å²) in [6, 6.07) is 1.80. The van der Waals surface area contributed by atoms with Crippen molar-refractivity contribution in [2.24, 2.45) is 0 Å². The third-order valence-corrected chi connectivity index (χ3v) is 2.32. The number of methoxy groups -OCH3 is 1. The van der Waals surface area contributed by atoms with Crippen molar-refractivity contribution in [2.45, 2.75) is 6.43 Å². The molecule has 0 aliphatic carbocycles. The quantitative estimate of drug-likeness (QED) is 0.823. The Bertz CT molecular complexity index is 390. The molecule has 0 unspecified atom stereocenters. The fraction of sp³-hybridized carbons (Fsp3) is 0.250. The molecule has 0 aromatic carbocycles. The minimum Gasteiger partial charge on any atom is -0.493 e. The summed E-state index contributed by atoms with van der Waals surface area (Å²) in [6.07, 6.45) is -1.65. The first-order valence-electron chi connectivity index (χ1n) is 3.52. The number of nitriles is 1. The normalized spacial score (nSPS) is 10.0. The standard InChI is InChI=1S/C8H5BrF2N2O/c1-14-7-5(9)4(2-12)3-13-6(7)8(10)11/h3,8H,1H3. The van der Waals surface area contributed by atoms with Crippen LogP contribution >= 0.6 is 15.9 Å². The van der Waals surface area contributed by atoms with Gasteiger partial charge in [0.15, 0.2) is 5.75 Å². The van der Waals surface area contributed by atoms with E-state index >= 15 is 0 Å². The fourth-order valence-corrected chi connectivity index (χ4v) is 1.47. The third kappa shape index (κ3) is 1.82. The lowest BCUT2D eigenvalue weighted by atomic mass is 10.2. The van der Waals surface area contributed by atoms with Crippen molar-refractivity contribution in [1.29, 1.82) is 5.26 Å². The molecule has 0 fully saturated rings. The molecule has 3 nitrogen and oxygen atoms in total. The smallest absolute Gasteiger partial charge is 0.284 e. The summed E-state index contributed by atoms with van der Waals surface area (Å²) >= 11 is 3.00. The van der Waals surface area contributed by atoms with E-state index in [2.05, 4.69) is 20.9 Å². The van der Waals surface area contributed by atoms with Gasteiger partial charge in [0.25, 0.3) is 6.43 Å². The lowest BCUT2D eigenvalue weighted by molar-refractivity contribution is 0.141. The van der Waals surface area contributed by atoms with Crippen LogP contribution in [0, 0.1) is 11.3 Å². The average Bonchev–Trinajstić information content (AvgIpc) is 2.17. The molecule has 0 spiro atoms. The van der Waals surface area contributed by atoms with Gasteiger partial charge in [-0.15, -0.1) is 0 Å². The monoisotopic (exact) mass is 262 g/mol. The molecular formula is C8H5BrF2N2O. The summed E-state index contributed by atoms with van der Waals surface area (Å²) in [5.41, 5.74) is -0.315. The fourth-order valence-electron chi connectivity index (χ4n) is 0.912. The van der Waals surface area contributed by atoms with E-state index < -0.39 is 12.1 Å². The summed E-state index contributed by atoms with van der Waals surface area (Å²) in [4.78, 5) is 3.45. The van der Waals surface area contributed by atoms with Crippen molar-refractivity contribution in [1.82, 2.24) is 4.98 Å². The zero-order valence-corrected chi connectivity index (χ0v) is 8.68. The maximum atomic E-state index is 12.4. The van der Waals surface area contributed by atoms with Crippen LogP contribution in [0.5, 0.6) is 5.75 Å². The molecule has 6 heteroatoms. The molecular weight excluding hydrogens is 258 g/mol. The maximum absolute atomic E-state index is 12.4. The van der Waals surface area contributed by atoms with Gasteiger partial charge in [0.05, 0.1) is 17.1 Å². The van der Waals surface area contributed by atoms with Crippen molar-refractivity contribution in [3.63, 3.8) is 0 Å². The first kappa shape index (κ1) is 10.9. The van der Waals surface area contributed by atoms with E-state index in [1.807, 2.05) is 0 Å². The average molecular weight is 263 g/mol.